The molecule has 0 radical (unpaired) electrons. The van der Waals surface area contributed by atoms with Crippen molar-refractivity contribution >= 4 is 0 Å². The standard InChI is InChI=1S/C11H17N5O2/c1-7-5-8(16(3)14-7)9-13-10(15-18-9)11(2,12)6-17-4/h5H,6,12H2,1-4H3. The van der Waals surface area contributed by atoms with Gasteiger partial charge in [0.1, 0.15) is 11.2 Å². The lowest BCUT2D eigenvalue weighted by atomic mass is 10.1. The van der Waals surface area contributed by atoms with Crippen LogP contribution in [0.1, 0.15) is 18.4 Å². The molecule has 0 aromatic carbocycles. The fourth-order valence-electron chi connectivity index (χ4n) is 1.73. The van der Waals surface area contributed by atoms with Gasteiger partial charge in [-0.15, -0.1) is 0 Å². The van der Waals surface area contributed by atoms with Crippen molar-refractivity contribution in [1.82, 2.24) is 19.9 Å². The highest BCUT2D eigenvalue weighted by Gasteiger charge is 2.28. The molecule has 2 heterocycles. The first-order chi connectivity index (χ1) is 8.44. The highest BCUT2D eigenvalue weighted by Crippen LogP contribution is 2.21. The summed E-state index contributed by atoms with van der Waals surface area (Å²) in [4.78, 5) is 4.30. The average molecular weight is 251 g/mol. The summed E-state index contributed by atoms with van der Waals surface area (Å²) in [6.07, 6.45) is 0. The molecule has 0 amide bonds. The first kappa shape index (κ1) is 12.7. The zero-order valence-electron chi connectivity index (χ0n) is 11.0. The van der Waals surface area contributed by atoms with Gasteiger partial charge in [0.25, 0.3) is 5.89 Å². The van der Waals surface area contributed by atoms with Crippen LogP contribution in [-0.2, 0) is 17.3 Å². The average Bonchev–Trinajstić information content (AvgIpc) is 2.85. The summed E-state index contributed by atoms with van der Waals surface area (Å²) in [5, 5.41) is 8.13. The lowest BCUT2D eigenvalue weighted by Gasteiger charge is -2.18. The van der Waals surface area contributed by atoms with Gasteiger partial charge in [0, 0.05) is 14.2 Å². The van der Waals surface area contributed by atoms with Crippen LogP contribution < -0.4 is 5.73 Å². The monoisotopic (exact) mass is 251 g/mol. The zero-order valence-corrected chi connectivity index (χ0v) is 11.0. The number of nitrogens with two attached hydrogens (primary N) is 1. The van der Waals surface area contributed by atoms with Gasteiger partial charge in [0.15, 0.2) is 5.82 Å². The van der Waals surface area contributed by atoms with Crippen LogP contribution in [-0.4, -0.2) is 33.6 Å². The van der Waals surface area contributed by atoms with Crippen molar-refractivity contribution < 1.29 is 9.26 Å². The molecule has 2 rings (SSSR count). The quantitative estimate of drug-likeness (QED) is 0.855. The van der Waals surface area contributed by atoms with Gasteiger partial charge in [-0.05, 0) is 19.9 Å². The molecule has 2 aromatic heterocycles. The Morgan fingerprint density at radius 2 is 2.28 bits per heavy atom. The molecular formula is C11H17N5O2. The highest BCUT2D eigenvalue weighted by atomic mass is 16.5. The van der Waals surface area contributed by atoms with E-state index in [0.29, 0.717) is 18.3 Å². The van der Waals surface area contributed by atoms with Gasteiger partial charge in [-0.3, -0.25) is 4.68 Å². The summed E-state index contributed by atoms with van der Waals surface area (Å²) in [6, 6.07) is 1.88. The molecule has 7 heteroatoms. The van der Waals surface area contributed by atoms with Gasteiger partial charge in [-0.2, -0.15) is 10.1 Å². The number of aromatic nitrogens is 4. The third-order valence-electron chi connectivity index (χ3n) is 2.60. The summed E-state index contributed by atoms with van der Waals surface area (Å²) in [7, 11) is 3.40. The van der Waals surface area contributed by atoms with E-state index >= 15 is 0 Å². The van der Waals surface area contributed by atoms with Crippen molar-refractivity contribution in [3.05, 3.63) is 17.6 Å². The normalized spacial score (nSPS) is 14.7. The molecule has 18 heavy (non-hydrogen) atoms. The van der Waals surface area contributed by atoms with Crippen LogP contribution in [0, 0.1) is 6.92 Å². The Bertz CT molecular complexity index is 543. The third kappa shape index (κ3) is 2.27. The lowest BCUT2D eigenvalue weighted by molar-refractivity contribution is 0.135. The molecule has 0 saturated heterocycles. The molecule has 2 aromatic rings. The first-order valence-electron chi connectivity index (χ1n) is 5.57. The van der Waals surface area contributed by atoms with Gasteiger partial charge in [0.2, 0.25) is 0 Å². The van der Waals surface area contributed by atoms with Crippen LogP contribution in [0.4, 0.5) is 0 Å². The van der Waals surface area contributed by atoms with Crippen LogP contribution >= 0.6 is 0 Å². The van der Waals surface area contributed by atoms with E-state index in [4.69, 9.17) is 15.0 Å². The molecule has 1 unspecified atom stereocenters. The molecule has 0 aliphatic carbocycles. The van der Waals surface area contributed by atoms with E-state index in [9.17, 15) is 0 Å². The van der Waals surface area contributed by atoms with Crippen molar-refractivity contribution in [2.75, 3.05) is 13.7 Å². The Labute approximate surface area is 105 Å². The summed E-state index contributed by atoms with van der Waals surface area (Å²) in [5.41, 5.74) is 6.93. The van der Waals surface area contributed by atoms with Crippen molar-refractivity contribution in [3.8, 4) is 11.6 Å². The molecule has 0 saturated carbocycles. The van der Waals surface area contributed by atoms with E-state index < -0.39 is 5.54 Å². The molecule has 0 spiro atoms. The Balaban J connectivity index is 2.34. The van der Waals surface area contributed by atoms with Crippen molar-refractivity contribution in [1.29, 1.82) is 0 Å². The number of nitrogens with zero attached hydrogens (tertiary/aromatic N) is 4. The fourth-order valence-corrected chi connectivity index (χ4v) is 1.73. The maximum atomic E-state index is 6.05. The molecule has 2 N–H and O–H groups in total. The topological polar surface area (TPSA) is 92.0 Å². The summed E-state index contributed by atoms with van der Waals surface area (Å²) >= 11 is 0. The van der Waals surface area contributed by atoms with Crippen LogP contribution in [0.15, 0.2) is 10.6 Å². The molecular weight excluding hydrogens is 234 g/mol. The van der Waals surface area contributed by atoms with Crippen LogP contribution in [0.25, 0.3) is 11.6 Å². The van der Waals surface area contributed by atoms with Gasteiger partial charge in [0.05, 0.1) is 12.3 Å². The highest BCUT2D eigenvalue weighted by molar-refractivity contribution is 5.47. The maximum Gasteiger partial charge on any atom is 0.276 e. The number of methoxy groups -OCH3 is 1. The molecule has 0 bridgehead atoms. The minimum atomic E-state index is -0.774. The SMILES string of the molecule is COCC(C)(N)c1noc(-c2cc(C)nn2C)n1. The van der Waals surface area contributed by atoms with Crippen LogP contribution in [0.3, 0.4) is 0 Å². The minimum Gasteiger partial charge on any atom is -0.382 e. The van der Waals surface area contributed by atoms with Crippen LogP contribution in [0.2, 0.25) is 0 Å². The van der Waals surface area contributed by atoms with Gasteiger partial charge < -0.3 is 15.0 Å². The van der Waals surface area contributed by atoms with E-state index in [1.807, 2.05) is 20.0 Å². The van der Waals surface area contributed by atoms with Crippen molar-refractivity contribution in [2.45, 2.75) is 19.4 Å². The zero-order chi connectivity index (χ0) is 13.3. The smallest absolute Gasteiger partial charge is 0.276 e. The second-order valence-electron chi connectivity index (χ2n) is 4.57. The molecule has 7 nitrogen and oxygen atoms in total. The van der Waals surface area contributed by atoms with Gasteiger partial charge in [-0.25, -0.2) is 0 Å². The second kappa shape index (κ2) is 4.51. The largest absolute Gasteiger partial charge is 0.382 e. The Hall–Kier alpha value is -1.73. The van der Waals surface area contributed by atoms with Gasteiger partial charge in [-0.1, -0.05) is 5.16 Å². The second-order valence-corrected chi connectivity index (χ2v) is 4.57. The number of rotatable bonds is 4. The summed E-state index contributed by atoms with van der Waals surface area (Å²) in [5.74, 6) is 0.819. The van der Waals surface area contributed by atoms with E-state index in [0.717, 1.165) is 11.4 Å². The lowest BCUT2D eigenvalue weighted by Crippen LogP contribution is -2.38. The molecule has 1 atom stereocenters. The predicted octanol–water partition coefficient (Wildman–Crippen LogP) is 0.599. The minimum absolute atomic E-state index is 0.316. The van der Waals surface area contributed by atoms with Crippen LogP contribution in [0.5, 0.6) is 0 Å². The van der Waals surface area contributed by atoms with E-state index in [1.54, 1.807) is 18.7 Å². The first-order valence-corrected chi connectivity index (χ1v) is 5.57. The number of ether oxygens (including phenoxy) is 1. The maximum absolute atomic E-state index is 6.05. The number of hydrogen-bond donors (Lipinski definition) is 1. The molecule has 0 aliphatic rings. The van der Waals surface area contributed by atoms with Crippen molar-refractivity contribution in [3.63, 3.8) is 0 Å². The summed E-state index contributed by atoms with van der Waals surface area (Å²) < 4.78 is 12.0. The molecule has 0 aliphatic heterocycles. The number of aryl methyl sites for hydroxylation is 2. The van der Waals surface area contributed by atoms with E-state index in [2.05, 4.69) is 15.2 Å². The Morgan fingerprint density at radius 1 is 1.56 bits per heavy atom. The number of hydrogen-bond acceptors (Lipinski definition) is 6. The fraction of sp³-hybridized carbons (Fsp3) is 0.545. The van der Waals surface area contributed by atoms with E-state index in [1.165, 1.54) is 0 Å². The summed E-state index contributed by atoms with van der Waals surface area (Å²) in [6.45, 7) is 4.01. The molecule has 0 fully saturated rings. The van der Waals surface area contributed by atoms with Crippen molar-refractivity contribution in [2.24, 2.45) is 12.8 Å². The molecule has 98 valence electrons. The third-order valence-corrected chi connectivity index (χ3v) is 2.60. The van der Waals surface area contributed by atoms with E-state index in [-0.39, 0.29) is 0 Å². The Morgan fingerprint density at radius 3 is 2.83 bits per heavy atom. The predicted molar refractivity (Wildman–Crippen MR) is 64.7 cm³/mol. The van der Waals surface area contributed by atoms with Gasteiger partial charge >= 0.3 is 0 Å². The Kier molecular flexibility index (Phi) is 3.18.